The zero-order valence-corrected chi connectivity index (χ0v) is 43.8. The molecule has 4 aliphatic rings. The second-order valence-electron chi connectivity index (χ2n) is 16.0. The Morgan fingerprint density at radius 3 is 1.46 bits per heavy atom. The van der Waals surface area contributed by atoms with Crippen molar-refractivity contribution in [3.63, 3.8) is 0 Å². The zero-order chi connectivity index (χ0) is 58.3. The number of carbonyl (C=O) groups is 6. The Morgan fingerprint density at radius 2 is 1.00 bits per heavy atom. The van der Waals surface area contributed by atoms with E-state index in [9.17, 15) is 28.8 Å². The number of unbranched alkanes of at least 4 members (excludes halogenated alkanes) is 2. The Labute approximate surface area is 438 Å². The Bertz CT molecular complexity index is 1680. The molecule has 0 aromatic heterocycles. The second-order valence-corrected chi connectivity index (χ2v) is 18.5. The van der Waals surface area contributed by atoms with E-state index in [0.717, 1.165) is 82.2 Å². The third kappa shape index (κ3) is 35.3. The lowest BCUT2D eigenvalue weighted by molar-refractivity contribution is -0.122. The van der Waals surface area contributed by atoms with Gasteiger partial charge in [-0.1, -0.05) is 26.7 Å². The van der Waals surface area contributed by atoms with E-state index in [1.54, 1.807) is 11.8 Å². The van der Waals surface area contributed by atoms with Crippen LogP contribution in [0.1, 0.15) is 115 Å². The van der Waals surface area contributed by atoms with Gasteiger partial charge in [-0.05, 0) is 78.4 Å². The molecular formula is C48H92N8O12S2. The summed E-state index contributed by atoms with van der Waals surface area (Å²) in [4.78, 5) is 65.3. The number of hydrogen-bond acceptors (Lipinski definition) is 16. The van der Waals surface area contributed by atoms with Crippen molar-refractivity contribution in [1.29, 1.82) is 0 Å². The van der Waals surface area contributed by atoms with E-state index in [-0.39, 0.29) is 80.9 Å². The number of nitrogens with one attached hydrogen (secondary N) is 8. The molecule has 4 aliphatic heterocycles. The molecule has 20 nitrogen and oxygen atoms in total. The molecule has 0 aromatic rings. The molecular weight excluding hydrogens is 945 g/mol. The lowest BCUT2D eigenvalue weighted by Crippen LogP contribution is -2.36. The van der Waals surface area contributed by atoms with Crippen molar-refractivity contribution in [1.82, 2.24) is 42.5 Å². The van der Waals surface area contributed by atoms with E-state index < -0.39 is 39.0 Å². The van der Waals surface area contributed by atoms with Crippen LogP contribution in [0.25, 0.3) is 0 Å². The van der Waals surface area contributed by atoms with Gasteiger partial charge in [-0.15, -0.1) is 0 Å². The van der Waals surface area contributed by atoms with Crippen LogP contribution in [0.15, 0.2) is 0 Å². The predicted molar refractivity (Wildman–Crippen MR) is 278 cm³/mol. The van der Waals surface area contributed by atoms with Gasteiger partial charge in [0.2, 0.25) is 11.8 Å². The lowest BCUT2D eigenvalue weighted by Gasteiger charge is -2.16. The van der Waals surface area contributed by atoms with Gasteiger partial charge in [0.25, 0.3) is 0 Å². The average molecular weight is 1050 g/mol. The molecule has 0 aliphatic carbocycles. The van der Waals surface area contributed by atoms with Crippen LogP contribution in [0.4, 0.5) is 9.59 Å². The van der Waals surface area contributed by atoms with Gasteiger partial charge in [0.1, 0.15) is 12.6 Å². The number of aldehydes is 2. The number of thioether (sulfide) groups is 2. The van der Waals surface area contributed by atoms with Crippen LogP contribution in [0.3, 0.4) is 0 Å². The van der Waals surface area contributed by atoms with Crippen molar-refractivity contribution in [2.24, 2.45) is 0 Å². The van der Waals surface area contributed by atoms with Gasteiger partial charge in [0, 0.05) is 95.4 Å². The van der Waals surface area contributed by atoms with Crippen LogP contribution in [0.2, 0.25) is 0 Å². The van der Waals surface area contributed by atoms with E-state index in [0.29, 0.717) is 75.8 Å². The van der Waals surface area contributed by atoms with Gasteiger partial charge in [-0.3, -0.25) is 9.59 Å². The molecule has 4 heterocycles. The van der Waals surface area contributed by atoms with Crippen LogP contribution in [0, 0.1) is 0 Å². The first-order chi connectivity index (χ1) is 37.1. The Morgan fingerprint density at radius 1 is 0.571 bits per heavy atom. The van der Waals surface area contributed by atoms with E-state index in [1.807, 2.05) is 32.7 Å². The average Bonchev–Trinajstić information content (AvgIpc) is 4.18. The molecule has 4 saturated heterocycles. The molecule has 4 rings (SSSR count). The second kappa shape index (κ2) is 47.2. The molecule has 8 N–H and O–H groups in total. The summed E-state index contributed by atoms with van der Waals surface area (Å²) < 4.78 is 94.1. The molecule has 70 heavy (non-hydrogen) atoms. The Kier molecular flexibility index (Phi) is 35.1. The number of carbonyl (C=O) groups excluding carboxylic acids is 6. The minimum atomic E-state index is -2.69. The largest absolute Gasteiger partial charge is 0.379 e. The van der Waals surface area contributed by atoms with Gasteiger partial charge >= 0.3 is 12.1 Å². The monoisotopic (exact) mass is 1040 g/mol. The van der Waals surface area contributed by atoms with E-state index in [4.69, 9.17) is 39.4 Å². The molecule has 0 radical (unpaired) electrons. The molecule has 22 heteroatoms. The van der Waals surface area contributed by atoms with Crippen molar-refractivity contribution in [3.8, 4) is 0 Å². The summed E-state index contributed by atoms with van der Waals surface area (Å²) in [5.74, 6) is 1.57. The molecule has 4 fully saturated rings. The quantitative estimate of drug-likeness (QED) is 0.0250. The van der Waals surface area contributed by atoms with Gasteiger partial charge in [-0.2, -0.15) is 23.5 Å². The first kappa shape index (κ1) is 52.1. The lowest BCUT2D eigenvalue weighted by atomic mass is 10.0. The van der Waals surface area contributed by atoms with Crippen molar-refractivity contribution in [2.45, 2.75) is 138 Å². The summed E-state index contributed by atoms with van der Waals surface area (Å²) >= 11 is 3.72. The smallest absolute Gasteiger partial charge is 0.315 e. The number of hydrogen-bond donors (Lipinski definition) is 8. The summed E-state index contributed by atoms with van der Waals surface area (Å²) in [5, 5.41) is 23.3. The maximum atomic E-state index is 12.2. The number of amides is 6. The first-order valence-electron chi connectivity index (χ1n) is 28.8. The van der Waals surface area contributed by atoms with Gasteiger partial charge in [0.15, 0.2) is 0 Å². The van der Waals surface area contributed by atoms with Crippen LogP contribution in [0.5, 0.6) is 0 Å². The number of ether oxygens (including phenoxy) is 6. The zero-order valence-electron chi connectivity index (χ0n) is 50.1. The summed E-state index contributed by atoms with van der Waals surface area (Å²) in [6, 6.07) is 0.599. The summed E-state index contributed by atoms with van der Waals surface area (Å²) in [6.45, 7) is 2.59. The first-order valence-corrected chi connectivity index (χ1v) is 26.9. The number of rotatable bonds is 40. The van der Waals surface area contributed by atoms with Crippen molar-refractivity contribution < 1.29 is 68.2 Å². The van der Waals surface area contributed by atoms with Gasteiger partial charge < -0.3 is 80.5 Å². The fourth-order valence-corrected chi connectivity index (χ4v) is 9.96. The normalized spacial score (nSPS) is 22.9. The highest BCUT2D eigenvalue weighted by Crippen LogP contribution is 2.34. The van der Waals surface area contributed by atoms with Crippen LogP contribution < -0.4 is 42.5 Å². The Hall–Kier alpha value is -2.80. The Balaban J connectivity index is 0.000000697. The molecule has 0 saturated carbocycles. The van der Waals surface area contributed by atoms with E-state index in [1.165, 1.54) is 7.05 Å². The fraction of sp³-hybridized carbons (Fsp3) is 0.875. The predicted octanol–water partition coefficient (Wildman–Crippen LogP) is 2.95. The van der Waals surface area contributed by atoms with Crippen LogP contribution >= 0.6 is 23.5 Å². The third-order valence-corrected chi connectivity index (χ3v) is 13.4. The fourth-order valence-electron chi connectivity index (χ4n) is 6.87. The summed E-state index contributed by atoms with van der Waals surface area (Å²) in [6.07, 6.45) is 6.00. The molecule has 0 spiro atoms. The third-order valence-electron chi connectivity index (χ3n) is 10.3. The van der Waals surface area contributed by atoms with E-state index in [2.05, 4.69) is 42.5 Å². The molecule has 408 valence electrons. The molecule has 0 unspecified atom stereocenters. The minimum absolute atomic E-state index is 0.0204. The minimum Gasteiger partial charge on any atom is -0.379 e. The van der Waals surface area contributed by atoms with Crippen LogP contribution in [-0.2, 0) is 47.6 Å². The molecule has 6 amide bonds. The number of fused-ring (bicyclic) bond motifs is 2. The molecule has 0 aromatic carbocycles. The highest BCUT2D eigenvalue weighted by molar-refractivity contribution is 8.00. The van der Waals surface area contributed by atoms with Crippen molar-refractivity contribution in [2.75, 3.05) is 131 Å². The van der Waals surface area contributed by atoms with Crippen molar-refractivity contribution >= 4 is 60.0 Å². The summed E-state index contributed by atoms with van der Waals surface area (Å²) in [7, 11) is 3.24. The summed E-state index contributed by atoms with van der Waals surface area (Å²) in [5.41, 5.74) is 0. The molecule has 0 bridgehead atoms. The topological polar surface area (TPSA) is 254 Å². The maximum Gasteiger partial charge on any atom is 0.315 e. The SMILES string of the molecule is CCC=O.CCC=O.CNCCCOCCOCCOCCCNC(=O)CCCC[C@@H]1SC[C@@H]2NC(=O)N[C@@H]21.[2H]C([2H])(COCCOCCOC([2H])([2H])C([2H])([2H])CNC(=O)CCCC[C@@H]1SC[C@@H]2NC(=O)N[C@@H]21)C([2H])([2H])NC. The maximum absolute atomic E-state index is 12.2. The highest BCUT2D eigenvalue weighted by atomic mass is 32.2. The van der Waals surface area contributed by atoms with E-state index >= 15 is 0 Å². The number of urea groups is 2. The van der Waals surface area contributed by atoms with Gasteiger partial charge in [0.05, 0.1) is 79.8 Å². The highest BCUT2D eigenvalue weighted by Gasteiger charge is 2.43. The van der Waals surface area contributed by atoms with Crippen molar-refractivity contribution in [3.05, 3.63) is 0 Å². The molecule has 6 atom stereocenters. The standard InChI is InChI=1S/2C21H40N4O5S.2C3H6O/c2*1-22-8-4-10-28-12-14-30-15-13-29-11-5-9-23-19(26)7-3-2-6-18-20-17(16-31-18)24-21(27)25-20;2*1-2-3-4/h2*17-18,20,22H,2-16H2,1H3,(H,23,26)(H2,24,25,27);2*3H,2H2,1H3/t2*17-,18-,20-;;/m00../s1/i4D2,5D2,8D2,11D2;;;. The van der Waals surface area contributed by atoms with Gasteiger partial charge in [-0.25, -0.2) is 9.59 Å². The van der Waals surface area contributed by atoms with Crippen LogP contribution in [-0.4, -0.2) is 202 Å².